The summed E-state index contributed by atoms with van der Waals surface area (Å²) < 4.78 is 11.7. The third-order valence-corrected chi connectivity index (χ3v) is 4.23. The molecule has 0 saturated carbocycles. The van der Waals surface area contributed by atoms with E-state index in [1.54, 1.807) is 5.70 Å². The molecule has 0 saturated heterocycles. The Labute approximate surface area is 92.8 Å². The second-order valence-electron chi connectivity index (χ2n) is 3.80. The number of hydrogen-bond donors (Lipinski definition) is 0. The minimum absolute atomic E-state index is 0.156. The van der Waals surface area contributed by atoms with Gasteiger partial charge < -0.3 is 8.85 Å². The van der Waals surface area contributed by atoms with Crippen molar-refractivity contribution >= 4 is 8.56 Å². The predicted molar refractivity (Wildman–Crippen MR) is 65.1 cm³/mol. The van der Waals surface area contributed by atoms with Crippen LogP contribution in [0.1, 0.15) is 13.8 Å². The van der Waals surface area contributed by atoms with E-state index >= 15 is 0 Å². The van der Waals surface area contributed by atoms with Crippen molar-refractivity contribution in [1.82, 2.24) is 0 Å². The van der Waals surface area contributed by atoms with Gasteiger partial charge in [-0.05, 0) is 38.2 Å². The Morgan fingerprint density at radius 1 is 1.27 bits per heavy atom. The average Bonchev–Trinajstić information content (AvgIpc) is 2.18. The van der Waals surface area contributed by atoms with E-state index in [1.807, 2.05) is 50.7 Å². The van der Waals surface area contributed by atoms with Crippen LogP contribution >= 0.6 is 0 Å². The van der Waals surface area contributed by atoms with Crippen LogP contribution in [0.5, 0.6) is 5.75 Å². The normalized spacial score (nSPS) is 14.7. The Bertz CT molecular complexity index is 311. The fraction of sp³-hybridized carbons (Fsp3) is 0.333. The van der Waals surface area contributed by atoms with Crippen LogP contribution in [0.25, 0.3) is 0 Å². The lowest BCUT2D eigenvalue weighted by Gasteiger charge is -2.26. The number of benzene rings is 1. The van der Waals surface area contributed by atoms with E-state index < -0.39 is 8.56 Å². The van der Waals surface area contributed by atoms with Crippen LogP contribution in [0.2, 0.25) is 6.55 Å². The Morgan fingerprint density at radius 3 is 2.33 bits per heavy atom. The molecule has 0 aliphatic carbocycles. The van der Waals surface area contributed by atoms with Gasteiger partial charge in [-0.3, -0.25) is 0 Å². The maximum Gasteiger partial charge on any atom is 0.422 e. The maximum atomic E-state index is 5.86. The first-order valence-electron chi connectivity index (χ1n) is 5.11. The summed E-state index contributed by atoms with van der Waals surface area (Å²) in [6.45, 7) is 9.79. The van der Waals surface area contributed by atoms with Gasteiger partial charge in [0.25, 0.3) is 0 Å². The van der Waals surface area contributed by atoms with Gasteiger partial charge in [-0.1, -0.05) is 18.2 Å². The summed E-state index contributed by atoms with van der Waals surface area (Å²) in [4.78, 5) is 0. The van der Waals surface area contributed by atoms with E-state index in [-0.39, 0.29) is 6.10 Å². The van der Waals surface area contributed by atoms with Crippen LogP contribution < -0.4 is 4.43 Å². The zero-order chi connectivity index (χ0) is 11.3. The van der Waals surface area contributed by atoms with Gasteiger partial charge in [0.2, 0.25) is 0 Å². The highest BCUT2D eigenvalue weighted by Crippen LogP contribution is 2.18. The summed E-state index contributed by atoms with van der Waals surface area (Å²) in [5, 5.41) is 0. The van der Waals surface area contributed by atoms with Crippen molar-refractivity contribution in [2.45, 2.75) is 26.5 Å². The molecular formula is C12H18O2Si. The van der Waals surface area contributed by atoms with Crippen molar-refractivity contribution in [2.75, 3.05) is 0 Å². The van der Waals surface area contributed by atoms with Crippen LogP contribution in [0, 0.1) is 0 Å². The molecule has 0 fully saturated rings. The SMILES string of the molecule is C=C[Si](C)(Oc1ccccc1)OC(C)C. The molecule has 0 aliphatic heterocycles. The lowest BCUT2D eigenvalue weighted by molar-refractivity contribution is 0.193. The molecule has 1 aromatic rings. The molecule has 1 rings (SSSR count). The maximum absolute atomic E-state index is 5.86. The summed E-state index contributed by atoms with van der Waals surface area (Å²) in [6.07, 6.45) is 0.156. The van der Waals surface area contributed by atoms with Crippen molar-refractivity contribution in [1.29, 1.82) is 0 Å². The summed E-state index contributed by atoms with van der Waals surface area (Å²) in [5.74, 6) is 0.840. The molecule has 3 heteroatoms. The number of para-hydroxylation sites is 1. The molecule has 82 valence electrons. The molecule has 1 atom stereocenters. The van der Waals surface area contributed by atoms with E-state index in [4.69, 9.17) is 8.85 Å². The predicted octanol–water partition coefficient (Wildman–Crippen LogP) is 3.29. The Balaban J connectivity index is 2.72. The van der Waals surface area contributed by atoms with E-state index in [2.05, 4.69) is 6.58 Å². The second-order valence-corrected chi connectivity index (χ2v) is 6.68. The van der Waals surface area contributed by atoms with Gasteiger partial charge in [-0.2, -0.15) is 0 Å². The topological polar surface area (TPSA) is 18.5 Å². The van der Waals surface area contributed by atoms with Crippen molar-refractivity contribution in [3.05, 3.63) is 42.6 Å². The summed E-state index contributed by atoms with van der Waals surface area (Å²) in [7, 11) is -2.26. The van der Waals surface area contributed by atoms with Crippen molar-refractivity contribution in [3.63, 3.8) is 0 Å². The van der Waals surface area contributed by atoms with Gasteiger partial charge in [-0.25, -0.2) is 0 Å². The molecule has 1 unspecified atom stereocenters. The molecule has 0 amide bonds. The summed E-state index contributed by atoms with van der Waals surface area (Å²) in [5.41, 5.74) is 1.81. The average molecular weight is 222 g/mol. The molecule has 0 aromatic heterocycles. The molecule has 0 radical (unpaired) electrons. The monoisotopic (exact) mass is 222 g/mol. The molecule has 0 spiro atoms. The Kier molecular flexibility index (Phi) is 4.12. The van der Waals surface area contributed by atoms with Crippen LogP contribution in [0.4, 0.5) is 0 Å². The lowest BCUT2D eigenvalue weighted by atomic mass is 10.3. The van der Waals surface area contributed by atoms with Gasteiger partial charge in [-0.15, -0.1) is 6.58 Å². The van der Waals surface area contributed by atoms with Gasteiger partial charge in [0, 0.05) is 6.10 Å². The first-order valence-corrected chi connectivity index (χ1v) is 7.50. The molecule has 15 heavy (non-hydrogen) atoms. The van der Waals surface area contributed by atoms with Crippen LogP contribution in [-0.4, -0.2) is 14.7 Å². The molecule has 0 heterocycles. The van der Waals surface area contributed by atoms with Gasteiger partial charge >= 0.3 is 8.56 Å². The molecule has 0 bridgehead atoms. The minimum Gasteiger partial charge on any atom is -0.517 e. The third kappa shape index (κ3) is 3.89. The van der Waals surface area contributed by atoms with Gasteiger partial charge in [0.1, 0.15) is 5.75 Å². The highest BCUT2D eigenvalue weighted by molar-refractivity contribution is 6.72. The lowest BCUT2D eigenvalue weighted by Crippen LogP contribution is -2.42. The zero-order valence-corrected chi connectivity index (χ0v) is 10.6. The fourth-order valence-corrected chi connectivity index (χ4v) is 3.07. The first-order chi connectivity index (χ1) is 7.06. The summed E-state index contributed by atoms with van der Waals surface area (Å²) in [6, 6.07) is 9.71. The number of hydrogen-bond acceptors (Lipinski definition) is 2. The molecule has 0 aliphatic rings. The second kappa shape index (κ2) is 5.14. The molecule has 2 nitrogen and oxygen atoms in total. The van der Waals surface area contributed by atoms with Crippen LogP contribution in [0.3, 0.4) is 0 Å². The fourth-order valence-electron chi connectivity index (χ4n) is 1.30. The highest BCUT2D eigenvalue weighted by Gasteiger charge is 2.30. The van der Waals surface area contributed by atoms with E-state index in [9.17, 15) is 0 Å². The van der Waals surface area contributed by atoms with E-state index in [0.29, 0.717) is 0 Å². The van der Waals surface area contributed by atoms with Gasteiger partial charge in [0.15, 0.2) is 0 Å². The van der Waals surface area contributed by atoms with E-state index in [0.717, 1.165) is 5.75 Å². The number of rotatable bonds is 5. The minimum atomic E-state index is -2.26. The van der Waals surface area contributed by atoms with Crippen molar-refractivity contribution in [3.8, 4) is 5.75 Å². The Hall–Kier alpha value is -1.06. The molecular weight excluding hydrogens is 204 g/mol. The van der Waals surface area contributed by atoms with Crippen molar-refractivity contribution in [2.24, 2.45) is 0 Å². The first kappa shape index (κ1) is 12.0. The van der Waals surface area contributed by atoms with Crippen LogP contribution in [0.15, 0.2) is 42.6 Å². The standard InChI is InChI=1S/C12H18O2Si/c1-5-15(4,13-11(2)3)14-12-9-7-6-8-10-12/h5-11H,1H2,2-4H3. The highest BCUT2D eigenvalue weighted by atomic mass is 28.4. The third-order valence-electron chi connectivity index (χ3n) is 1.90. The molecule has 1 aromatic carbocycles. The van der Waals surface area contributed by atoms with E-state index in [1.165, 1.54) is 0 Å². The largest absolute Gasteiger partial charge is 0.517 e. The van der Waals surface area contributed by atoms with Crippen LogP contribution in [-0.2, 0) is 4.43 Å². The zero-order valence-electron chi connectivity index (χ0n) is 9.57. The quantitative estimate of drug-likeness (QED) is 0.712. The van der Waals surface area contributed by atoms with Crippen molar-refractivity contribution < 1.29 is 8.85 Å². The van der Waals surface area contributed by atoms with Gasteiger partial charge in [0.05, 0.1) is 0 Å². The smallest absolute Gasteiger partial charge is 0.422 e. The Morgan fingerprint density at radius 2 is 1.87 bits per heavy atom. The summed E-state index contributed by atoms with van der Waals surface area (Å²) >= 11 is 0. The molecule has 0 N–H and O–H groups in total.